The molecule has 0 amide bonds. The van der Waals surface area contributed by atoms with Crippen molar-refractivity contribution < 1.29 is 9.53 Å². The molecule has 3 nitrogen and oxygen atoms in total. The highest BCUT2D eigenvalue weighted by Crippen LogP contribution is 2.10. The van der Waals surface area contributed by atoms with Gasteiger partial charge in [0, 0.05) is 12.6 Å². The van der Waals surface area contributed by atoms with Gasteiger partial charge in [0.05, 0.1) is 0 Å². The average molecular weight is 183 g/mol. The van der Waals surface area contributed by atoms with Crippen LogP contribution < -0.4 is 5.32 Å². The van der Waals surface area contributed by atoms with E-state index >= 15 is 0 Å². The third-order valence-corrected chi connectivity index (χ3v) is 1.70. The van der Waals surface area contributed by atoms with Crippen LogP contribution in [0.15, 0.2) is 11.6 Å². The zero-order valence-corrected chi connectivity index (χ0v) is 8.52. The summed E-state index contributed by atoms with van der Waals surface area (Å²) in [6, 6.07) is 0. The van der Waals surface area contributed by atoms with Crippen LogP contribution in [0.5, 0.6) is 0 Å². The van der Waals surface area contributed by atoms with E-state index in [1.807, 2.05) is 20.8 Å². The third-order valence-electron chi connectivity index (χ3n) is 1.70. The SMILES string of the molecule is CC(C)(C)OC(=O)C=C1CCNC1. The Kier molecular flexibility index (Phi) is 3.09. The number of hydrogen-bond acceptors (Lipinski definition) is 3. The number of esters is 1. The Labute approximate surface area is 79.2 Å². The number of hydrogen-bond donors (Lipinski definition) is 1. The van der Waals surface area contributed by atoms with Crippen LogP contribution in [0.25, 0.3) is 0 Å². The average Bonchev–Trinajstić information content (AvgIpc) is 2.34. The summed E-state index contributed by atoms with van der Waals surface area (Å²) < 4.78 is 5.16. The van der Waals surface area contributed by atoms with Crippen LogP contribution in [-0.2, 0) is 9.53 Å². The smallest absolute Gasteiger partial charge is 0.331 e. The van der Waals surface area contributed by atoms with Crippen molar-refractivity contribution in [2.45, 2.75) is 32.8 Å². The maximum Gasteiger partial charge on any atom is 0.331 e. The molecule has 0 aromatic heterocycles. The van der Waals surface area contributed by atoms with Crippen molar-refractivity contribution >= 4 is 5.97 Å². The first-order valence-corrected chi connectivity index (χ1v) is 4.60. The van der Waals surface area contributed by atoms with E-state index in [1.54, 1.807) is 6.08 Å². The molecule has 1 N–H and O–H groups in total. The van der Waals surface area contributed by atoms with Gasteiger partial charge in [-0.1, -0.05) is 0 Å². The van der Waals surface area contributed by atoms with Crippen LogP contribution in [-0.4, -0.2) is 24.7 Å². The first-order chi connectivity index (χ1) is 5.97. The number of rotatable bonds is 1. The summed E-state index contributed by atoms with van der Waals surface area (Å²) in [5.74, 6) is -0.230. The Bertz CT molecular complexity index is 218. The van der Waals surface area contributed by atoms with Gasteiger partial charge in [-0.05, 0) is 39.3 Å². The Balaban J connectivity index is 2.45. The normalized spacial score (nSPS) is 20.7. The Morgan fingerprint density at radius 3 is 2.69 bits per heavy atom. The molecule has 1 aliphatic rings. The van der Waals surface area contributed by atoms with E-state index in [2.05, 4.69) is 5.32 Å². The molecule has 0 atom stereocenters. The molecular weight excluding hydrogens is 166 g/mol. The molecule has 1 aliphatic heterocycles. The minimum atomic E-state index is -0.389. The number of ether oxygens (including phenoxy) is 1. The standard InChI is InChI=1S/C10H17NO2/c1-10(2,3)13-9(12)6-8-4-5-11-7-8/h6,11H,4-5,7H2,1-3H3. The monoisotopic (exact) mass is 183 g/mol. The second kappa shape index (κ2) is 3.92. The lowest BCUT2D eigenvalue weighted by molar-refractivity contribution is -0.148. The quantitative estimate of drug-likeness (QED) is 0.491. The number of carbonyl (C=O) groups excluding carboxylic acids is 1. The van der Waals surface area contributed by atoms with Crippen molar-refractivity contribution in [3.8, 4) is 0 Å². The molecule has 3 heteroatoms. The van der Waals surface area contributed by atoms with Crippen molar-refractivity contribution in [2.75, 3.05) is 13.1 Å². The van der Waals surface area contributed by atoms with E-state index in [0.717, 1.165) is 25.1 Å². The van der Waals surface area contributed by atoms with Gasteiger partial charge in [-0.25, -0.2) is 4.79 Å². The summed E-state index contributed by atoms with van der Waals surface area (Å²) in [6.45, 7) is 7.40. The number of nitrogens with one attached hydrogen (secondary N) is 1. The van der Waals surface area contributed by atoms with Crippen LogP contribution >= 0.6 is 0 Å². The number of carbonyl (C=O) groups is 1. The van der Waals surface area contributed by atoms with E-state index in [0.29, 0.717) is 0 Å². The zero-order chi connectivity index (χ0) is 9.90. The lowest BCUT2D eigenvalue weighted by Gasteiger charge is -2.18. The second-order valence-electron chi connectivity index (χ2n) is 4.26. The highest BCUT2D eigenvalue weighted by Gasteiger charge is 2.15. The van der Waals surface area contributed by atoms with Crippen molar-refractivity contribution in [3.63, 3.8) is 0 Å². The Hall–Kier alpha value is -0.830. The van der Waals surface area contributed by atoms with Crippen molar-refractivity contribution in [2.24, 2.45) is 0 Å². The van der Waals surface area contributed by atoms with Gasteiger partial charge in [0.2, 0.25) is 0 Å². The van der Waals surface area contributed by atoms with Crippen LogP contribution in [0.3, 0.4) is 0 Å². The highest BCUT2D eigenvalue weighted by molar-refractivity contribution is 5.83. The van der Waals surface area contributed by atoms with Gasteiger partial charge in [-0.2, -0.15) is 0 Å². The molecule has 1 fully saturated rings. The minimum Gasteiger partial charge on any atom is -0.457 e. The zero-order valence-electron chi connectivity index (χ0n) is 8.52. The largest absolute Gasteiger partial charge is 0.457 e. The van der Waals surface area contributed by atoms with Crippen LogP contribution in [0, 0.1) is 0 Å². The summed E-state index contributed by atoms with van der Waals surface area (Å²) in [4.78, 5) is 11.3. The maximum absolute atomic E-state index is 11.3. The molecule has 1 rings (SSSR count). The third kappa shape index (κ3) is 4.08. The van der Waals surface area contributed by atoms with Gasteiger partial charge in [-0.15, -0.1) is 0 Å². The van der Waals surface area contributed by atoms with Crippen molar-refractivity contribution in [3.05, 3.63) is 11.6 Å². The lowest BCUT2D eigenvalue weighted by Crippen LogP contribution is -2.22. The van der Waals surface area contributed by atoms with E-state index in [-0.39, 0.29) is 11.6 Å². The molecule has 1 saturated heterocycles. The summed E-state index contributed by atoms with van der Waals surface area (Å²) in [5, 5.41) is 3.16. The van der Waals surface area contributed by atoms with Crippen LogP contribution in [0.1, 0.15) is 27.2 Å². The predicted octanol–water partition coefficient (Wildman–Crippen LogP) is 1.25. The van der Waals surface area contributed by atoms with E-state index < -0.39 is 0 Å². The predicted molar refractivity (Wildman–Crippen MR) is 51.4 cm³/mol. The van der Waals surface area contributed by atoms with Gasteiger partial charge in [-0.3, -0.25) is 0 Å². The fourth-order valence-electron chi connectivity index (χ4n) is 1.21. The molecule has 0 spiro atoms. The van der Waals surface area contributed by atoms with Gasteiger partial charge in [0.1, 0.15) is 5.60 Å². The maximum atomic E-state index is 11.3. The minimum absolute atomic E-state index is 0.230. The topological polar surface area (TPSA) is 38.3 Å². The van der Waals surface area contributed by atoms with E-state index in [9.17, 15) is 4.79 Å². The van der Waals surface area contributed by atoms with Crippen LogP contribution in [0.2, 0.25) is 0 Å². The van der Waals surface area contributed by atoms with Gasteiger partial charge in [0.15, 0.2) is 0 Å². The summed E-state index contributed by atoms with van der Waals surface area (Å²) in [5.41, 5.74) is 0.745. The van der Waals surface area contributed by atoms with Crippen LogP contribution in [0.4, 0.5) is 0 Å². The fraction of sp³-hybridized carbons (Fsp3) is 0.700. The fourth-order valence-corrected chi connectivity index (χ4v) is 1.21. The first kappa shape index (κ1) is 10.3. The summed E-state index contributed by atoms with van der Waals surface area (Å²) in [6.07, 6.45) is 2.56. The Morgan fingerprint density at radius 2 is 2.23 bits per heavy atom. The molecule has 13 heavy (non-hydrogen) atoms. The molecule has 0 aromatic carbocycles. The van der Waals surface area contributed by atoms with E-state index in [4.69, 9.17) is 4.74 Å². The first-order valence-electron chi connectivity index (χ1n) is 4.60. The lowest BCUT2D eigenvalue weighted by atomic mass is 10.2. The second-order valence-corrected chi connectivity index (χ2v) is 4.26. The van der Waals surface area contributed by atoms with E-state index in [1.165, 1.54) is 0 Å². The molecule has 0 aliphatic carbocycles. The molecule has 1 heterocycles. The molecular formula is C10H17NO2. The summed E-state index contributed by atoms with van der Waals surface area (Å²) >= 11 is 0. The summed E-state index contributed by atoms with van der Waals surface area (Å²) in [7, 11) is 0. The molecule has 0 saturated carbocycles. The van der Waals surface area contributed by atoms with Gasteiger partial charge in [0.25, 0.3) is 0 Å². The highest BCUT2D eigenvalue weighted by atomic mass is 16.6. The molecule has 74 valence electrons. The molecule has 0 radical (unpaired) electrons. The molecule has 0 bridgehead atoms. The molecule has 0 aromatic rings. The Morgan fingerprint density at radius 1 is 1.54 bits per heavy atom. The van der Waals surface area contributed by atoms with Crippen molar-refractivity contribution in [1.29, 1.82) is 0 Å². The molecule has 0 unspecified atom stereocenters. The van der Waals surface area contributed by atoms with Gasteiger partial charge < -0.3 is 10.1 Å². The van der Waals surface area contributed by atoms with Gasteiger partial charge >= 0.3 is 5.97 Å². The van der Waals surface area contributed by atoms with Crippen molar-refractivity contribution in [1.82, 2.24) is 5.32 Å².